The van der Waals surface area contributed by atoms with E-state index in [9.17, 15) is 4.79 Å². The van der Waals surface area contributed by atoms with Gasteiger partial charge in [0.2, 0.25) is 5.91 Å². The van der Waals surface area contributed by atoms with Crippen LogP contribution < -0.4 is 11.5 Å². The minimum atomic E-state index is -0.656. The number of hydrogen-bond donors (Lipinski definition) is 2. The van der Waals surface area contributed by atoms with E-state index >= 15 is 0 Å². The lowest BCUT2D eigenvalue weighted by molar-refractivity contribution is -0.119. The van der Waals surface area contributed by atoms with Gasteiger partial charge in [-0.2, -0.15) is 0 Å². The lowest BCUT2D eigenvalue weighted by Crippen LogP contribution is -2.50. The number of amides is 1. The maximum Gasteiger partial charge on any atom is 0.235 e. The van der Waals surface area contributed by atoms with Gasteiger partial charge in [-0.1, -0.05) is 0 Å². The fraction of sp³-hybridized carbons (Fsp3) is 0.900. The first-order valence-electron chi connectivity index (χ1n) is 5.29. The molecule has 16 heavy (non-hydrogen) atoms. The van der Waals surface area contributed by atoms with Gasteiger partial charge in [-0.25, -0.2) is 0 Å². The van der Waals surface area contributed by atoms with Crippen LogP contribution in [0.3, 0.4) is 0 Å². The highest BCUT2D eigenvalue weighted by molar-refractivity contribution is 5.79. The molecule has 1 amide bonds. The van der Waals surface area contributed by atoms with Crippen molar-refractivity contribution in [1.29, 1.82) is 0 Å². The molecule has 0 fully saturated rings. The Morgan fingerprint density at radius 2 is 2.00 bits per heavy atom. The van der Waals surface area contributed by atoms with E-state index in [4.69, 9.17) is 20.9 Å². The summed E-state index contributed by atoms with van der Waals surface area (Å²) in [5.41, 5.74) is 10.8. The number of rotatable bonds is 9. The molecule has 0 aliphatic heterocycles. The number of ether oxygens (including phenoxy) is 2. The standard InChI is InChI=1S/C10H23N3O3/c1-8(7-16-3)13(4-5-15-2)6-9(11)10(12)14/h8-9H,4-7,11H2,1-3H3,(H2,12,14). The van der Waals surface area contributed by atoms with Crippen molar-refractivity contribution in [3.8, 4) is 0 Å². The summed E-state index contributed by atoms with van der Waals surface area (Å²) in [4.78, 5) is 12.9. The third kappa shape index (κ3) is 6.02. The van der Waals surface area contributed by atoms with E-state index < -0.39 is 11.9 Å². The number of methoxy groups -OCH3 is 2. The minimum absolute atomic E-state index is 0.172. The van der Waals surface area contributed by atoms with E-state index in [-0.39, 0.29) is 6.04 Å². The van der Waals surface area contributed by atoms with Crippen LogP contribution in [0.15, 0.2) is 0 Å². The summed E-state index contributed by atoms with van der Waals surface area (Å²) in [5.74, 6) is -0.493. The van der Waals surface area contributed by atoms with E-state index in [2.05, 4.69) is 0 Å². The zero-order chi connectivity index (χ0) is 12.6. The maximum absolute atomic E-state index is 10.9. The summed E-state index contributed by atoms with van der Waals surface area (Å²) in [5, 5.41) is 0. The van der Waals surface area contributed by atoms with Crippen molar-refractivity contribution in [2.45, 2.75) is 19.0 Å². The molecule has 0 saturated heterocycles. The van der Waals surface area contributed by atoms with Gasteiger partial charge in [-0.15, -0.1) is 0 Å². The van der Waals surface area contributed by atoms with Crippen LogP contribution in [0.4, 0.5) is 0 Å². The number of primary amides is 1. The van der Waals surface area contributed by atoms with E-state index in [1.54, 1.807) is 14.2 Å². The van der Waals surface area contributed by atoms with E-state index in [1.165, 1.54) is 0 Å². The quantitative estimate of drug-likeness (QED) is 0.521. The van der Waals surface area contributed by atoms with Crippen molar-refractivity contribution in [1.82, 2.24) is 4.90 Å². The molecule has 6 nitrogen and oxygen atoms in total. The highest BCUT2D eigenvalue weighted by Crippen LogP contribution is 2.00. The molecule has 0 aromatic rings. The van der Waals surface area contributed by atoms with Crippen molar-refractivity contribution in [2.24, 2.45) is 11.5 Å². The van der Waals surface area contributed by atoms with Crippen LogP contribution in [0.1, 0.15) is 6.92 Å². The molecule has 2 atom stereocenters. The molecule has 0 bridgehead atoms. The predicted molar refractivity (Wildman–Crippen MR) is 62.0 cm³/mol. The maximum atomic E-state index is 10.9. The largest absolute Gasteiger partial charge is 0.383 e. The van der Waals surface area contributed by atoms with Gasteiger partial charge in [0.15, 0.2) is 0 Å². The average Bonchev–Trinajstić information content (AvgIpc) is 2.23. The third-order valence-corrected chi connectivity index (χ3v) is 2.41. The summed E-state index contributed by atoms with van der Waals surface area (Å²) in [6.07, 6.45) is 0. The monoisotopic (exact) mass is 233 g/mol. The van der Waals surface area contributed by atoms with Gasteiger partial charge < -0.3 is 20.9 Å². The van der Waals surface area contributed by atoms with Crippen LogP contribution in [0.2, 0.25) is 0 Å². The molecule has 0 rings (SSSR count). The van der Waals surface area contributed by atoms with E-state index in [0.29, 0.717) is 26.3 Å². The molecule has 0 heterocycles. The Balaban J connectivity index is 4.23. The molecule has 2 unspecified atom stereocenters. The van der Waals surface area contributed by atoms with Crippen molar-refractivity contribution in [2.75, 3.05) is 40.5 Å². The Morgan fingerprint density at radius 1 is 1.38 bits per heavy atom. The summed E-state index contributed by atoms with van der Waals surface area (Å²) >= 11 is 0. The van der Waals surface area contributed by atoms with Crippen LogP contribution in [0.25, 0.3) is 0 Å². The second kappa shape index (κ2) is 8.46. The Bertz CT molecular complexity index is 202. The number of carbonyl (C=O) groups excluding carboxylic acids is 1. The Morgan fingerprint density at radius 3 is 2.44 bits per heavy atom. The van der Waals surface area contributed by atoms with Crippen molar-refractivity contribution < 1.29 is 14.3 Å². The van der Waals surface area contributed by atoms with Crippen molar-refractivity contribution in [3.05, 3.63) is 0 Å². The van der Waals surface area contributed by atoms with Crippen molar-refractivity contribution in [3.63, 3.8) is 0 Å². The Kier molecular flexibility index (Phi) is 8.10. The normalized spacial score (nSPS) is 15.1. The second-order valence-corrected chi connectivity index (χ2v) is 3.80. The fourth-order valence-electron chi connectivity index (χ4n) is 1.39. The van der Waals surface area contributed by atoms with E-state index in [1.807, 2.05) is 11.8 Å². The Hall–Kier alpha value is -0.690. The molecule has 0 aromatic carbocycles. The lowest BCUT2D eigenvalue weighted by atomic mass is 10.2. The topological polar surface area (TPSA) is 90.8 Å². The van der Waals surface area contributed by atoms with Crippen LogP contribution in [0.5, 0.6) is 0 Å². The van der Waals surface area contributed by atoms with Gasteiger partial charge in [0, 0.05) is 33.4 Å². The van der Waals surface area contributed by atoms with Crippen LogP contribution >= 0.6 is 0 Å². The van der Waals surface area contributed by atoms with Gasteiger partial charge in [0.25, 0.3) is 0 Å². The molecule has 4 N–H and O–H groups in total. The second-order valence-electron chi connectivity index (χ2n) is 3.80. The lowest BCUT2D eigenvalue weighted by Gasteiger charge is -2.29. The highest BCUT2D eigenvalue weighted by Gasteiger charge is 2.19. The van der Waals surface area contributed by atoms with Crippen molar-refractivity contribution >= 4 is 5.91 Å². The number of nitrogens with zero attached hydrogens (tertiary/aromatic N) is 1. The molecule has 0 spiro atoms. The van der Waals surface area contributed by atoms with Crippen LogP contribution in [-0.4, -0.2) is 63.4 Å². The number of hydrogen-bond acceptors (Lipinski definition) is 5. The smallest absolute Gasteiger partial charge is 0.235 e. The summed E-state index contributed by atoms with van der Waals surface area (Å²) < 4.78 is 10.1. The van der Waals surface area contributed by atoms with Crippen LogP contribution in [0, 0.1) is 0 Å². The first-order chi connectivity index (χ1) is 7.52. The molecule has 6 heteroatoms. The summed E-state index contributed by atoms with van der Waals surface area (Å²) in [6.45, 7) is 4.28. The SMILES string of the molecule is COCCN(CC(N)C(N)=O)C(C)COC. The number of nitrogens with two attached hydrogens (primary N) is 2. The molecular formula is C10H23N3O3. The van der Waals surface area contributed by atoms with Gasteiger partial charge in [0.05, 0.1) is 19.3 Å². The molecule has 0 aliphatic carbocycles. The number of carbonyl (C=O) groups is 1. The molecule has 0 radical (unpaired) electrons. The summed E-state index contributed by atoms with van der Waals surface area (Å²) in [6, 6.07) is -0.485. The molecule has 0 aromatic heterocycles. The van der Waals surface area contributed by atoms with Gasteiger partial charge in [-0.05, 0) is 6.92 Å². The molecule has 0 aliphatic rings. The summed E-state index contributed by atoms with van der Waals surface area (Å²) in [7, 11) is 3.27. The Labute approximate surface area is 96.9 Å². The van der Waals surface area contributed by atoms with Gasteiger partial charge >= 0.3 is 0 Å². The zero-order valence-electron chi connectivity index (χ0n) is 10.3. The first kappa shape index (κ1) is 15.3. The molecule has 0 saturated carbocycles. The van der Waals surface area contributed by atoms with E-state index in [0.717, 1.165) is 0 Å². The molecule has 96 valence electrons. The minimum Gasteiger partial charge on any atom is -0.383 e. The molecular weight excluding hydrogens is 210 g/mol. The fourth-order valence-corrected chi connectivity index (χ4v) is 1.39. The van der Waals surface area contributed by atoms with Gasteiger partial charge in [0.1, 0.15) is 0 Å². The zero-order valence-corrected chi connectivity index (χ0v) is 10.3. The third-order valence-electron chi connectivity index (χ3n) is 2.41. The van der Waals surface area contributed by atoms with Crippen LogP contribution in [-0.2, 0) is 14.3 Å². The van der Waals surface area contributed by atoms with Gasteiger partial charge in [-0.3, -0.25) is 9.69 Å². The first-order valence-corrected chi connectivity index (χ1v) is 5.29. The predicted octanol–water partition coefficient (Wildman–Crippen LogP) is -1.22. The highest BCUT2D eigenvalue weighted by atomic mass is 16.5. The average molecular weight is 233 g/mol.